The van der Waals surface area contributed by atoms with E-state index in [4.69, 9.17) is 23.2 Å². The number of aryl methyl sites for hydroxylation is 2. The third-order valence-corrected chi connectivity index (χ3v) is 5.79. The third-order valence-electron chi connectivity index (χ3n) is 4.37. The van der Waals surface area contributed by atoms with Crippen LogP contribution in [0.1, 0.15) is 69.5 Å². The second kappa shape index (κ2) is 11.2. The van der Waals surface area contributed by atoms with Crippen LogP contribution >= 0.6 is 23.2 Å². The van der Waals surface area contributed by atoms with Gasteiger partial charge in [-0.05, 0) is 25.7 Å². The van der Waals surface area contributed by atoms with Gasteiger partial charge in [-0.2, -0.15) is 0 Å². The highest BCUT2D eigenvalue weighted by atomic mass is 35.5. The zero-order valence-corrected chi connectivity index (χ0v) is 20.9. The first-order chi connectivity index (χ1) is 14.3. The summed E-state index contributed by atoms with van der Waals surface area (Å²) in [7, 11) is -3.40. The van der Waals surface area contributed by atoms with Crippen molar-refractivity contribution in [1.82, 2.24) is 29.5 Å². The van der Waals surface area contributed by atoms with E-state index >= 15 is 0 Å². The van der Waals surface area contributed by atoms with Gasteiger partial charge in [0.25, 0.3) is 0 Å². The fraction of sp³-hybridized carbons (Fsp3) is 0.476. The monoisotopic (exact) mass is 500 g/mol. The molecule has 0 aliphatic rings. The minimum Gasteiger partial charge on any atom is -0.274 e. The van der Waals surface area contributed by atoms with Gasteiger partial charge >= 0.3 is 0 Å². The molecular formula is C21H30Cl2N6O2S. The Kier molecular flexibility index (Phi) is 9.74. The topological polar surface area (TPSA) is 104 Å². The fourth-order valence-electron chi connectivity index (χ4n) is 3.03. The van der Waals surface area contributed by atoms with Crippen LogP contribution in [-0.2, 0) is 9.84 Å². The predicted molar refractivity (Wildman–Crippen MR) is 129 cm³/mol. The molecular weight excluding hydrogens is 471 g/mol. The van der Waals surface area contributed by atoms with Gasteiger partial charge in [-0.3, -0.25) is 4.57 Å². The first-order valence-electron chi connectivity index (χ1n) is 9.59. The fourth-order valence-corrected chi connectivity index (χ4v) is 4.50. The van der Waals surface area contributed by atoms with Gasteiger partial charge in [0.2, 0.25) is 20.9 Å². The first kappa shape index (κ1) is 27.9. The van der Waals surface area contributed by atoms with Gasteiger partial charge in [-0.15, -0.1) is 0 Å². The minimum atomic E-state index is -3.40. The Morgan fingerprint density at radius 2 is 1.38 bits per heavy atom. The zero-order valence-electron chi connectivity index (χ0n) is 18.6. The summed E-state index contributed by atoms with van der Waals surface area (Å²) in [6.07, 6.45) is 6.19. The lowest BCUT2D eigenvalue weighted by molar-refractivity contribution is 0.591. The minimum absolute atomic E-state index is 0. The highest BCUT2D eigenvalue weighted by Crippen LogP contribution is 2.26. The molecule has 0 saturated heterocycles. The first-order valence-corrected chi connectivity index (χ1v) is 12.2. The average molecular weight is 501 g/mol. The van der Waals surface area contributed by atoms with Gasteiger partial charge in [0.1, 0.15) is 16.6 Å². The van der Waals surface area contributed by atoms with Crippen LogP contribution in [0.15, 0.2) is 23.9 Å². The Balaban J connectivity index is 0.000000311. The number of imidazole rings is 1. The van der Waals surface area contributed by atoms with Gasteiger partial charge in [0.15, 0.2) is 0 Å². The summed E-state index contributed by atoms with van der Waals surface area (Å²) in [5.74, 6) is 1.06. The standard InChI is InChI=1S/C11H13ClN4.C9H13ClN2O2S.CH4/c1-7(2)9-8(3)14-11(15-10(9)12)16-5-4-13-6-16;1-5(2)7-6(3)11-9(12-8(7)10)15(4,13)14;/h4-7H,1-3H3;5H,1-4H3;1H4. The maximum Gasteiger partial charge on any atom is 0.248 e. The van der Waals surface area contributed by atoms with Crippen LogP contribution in [0.2, 0.25) is 10.3 Å². The number of hydrogen-bond donors (Lipinski definition) is 0. The van der Waals surface area contributed by atoms with E-state index in [1.165, 1.54) is 0 Å². The van der Waals surface area contributed by atoms with E-state index in [2.05, 4.69) is 38.8 Å². The van der Waals surface area contributed by atoms with Crippen molar-refractivity contribution in [3.8, 4) is 5.95 Å². The highest BCUT2D eigenvalue weighted by molar-refractivity contribution is 7.90. The van der Waals surface area contributed by atoms with E-state index in [0.29, 0.717) is 22.7 Å². The molecule has 0 N–H and O–H groups in total. The second-order valence-electron chi connectivity index (χ2n) is 7.66. The molecule has 3 aromatic rings. The number of nitrogens with zero attached hydrogens (tertiary/aromatic N) is 6. The van der Waals surface area contributed by atoms with Gasteiger partial charge in [0.05, 0.1) is 0 Å². The second-order valence-corrected chi connectivity index (χ2v) is 10.3. The quantitative estimate of drug-likeness (QED) is 0.351. The number of sulfone groups is 1. The van der Waals surface area contributed by atoms with Crippen molar-refractivity contribution in [3.05, 3.63) is 51.5 Å². The normalized spacial score (nSPS) is 11.2. The molecule has 0 radical (unpaired) electrons. The van der Waals surface area contributed by atoms with Crippen LogP contribution in [0.4, 0.5) is 0 Å². The van der Waals surface area contributed by atoms with Gasteiger partial charge in [0, 0.05) is 41.2 Å². The van der Waals surface area contributed by atoms with Crippen LogP contribution in [0.5, 0.6) is 0 Å². The van der Waals surface area contributed by atoms with Crippen molar-refractivity contribution in [2.75, 3.05) is 6.26 Å². The van der Waals surface area contributed by atoms with E-state index in [-0.39, 0.29) is 23.7 Å². The summed E-state index contributed by atoms with van der Waals surface area (Å²) in [5, 5.41) is 0.526. The largest absolute Gasteiger partial charge is 0.274 e. The molecule has 0 spiro atoms. The van der Waals surface area contributed by atoms with E-state index < -0.39 is 9.84 Å². The summed E-state index contributed by atoms with van der Waals surface area (Å²) in [6, 6.07) is 0. The summed E-state index contributed by atoms with van der Waals surface area (Å²) in [6.45, 7) is 11.7. The van der Waals surface area contributed by atoms with Crippen LogP contribution in [0, 0.1) is 13.8 Å². The molecule has 0 amide bonds. The lowest BCUT2D eigenvalue weighted by Gasteiger charge is -2.12. The molecule has 32 heavy (non-hydrogen) atoms. The molecule has 0 bridgehead atoms. The summed E-state index contributed by atoms with van der Waals surface area (Å²) in [4.78, 5) is 20.4. The molecule has 0 atom stereocenters. The summed E-state index contributed by atoms with van der Waals surface area (Å²) < 4.78 is 24.2. The molecule has 3 aromatic heterocycles. The molecule has 0 aliphatic heterocycles. The lowest BCUT2D eigenvalue weighted by Crippen LogP contribution is -2.09. The summed E-state index contributed by atoms with van der Waals surface area (Å²) >= 11 is 12.1. The smallest absolute Gasteiger partial charge is 0.248 e. The Labute approximate surface area is 200 Å². The van der Waals surface area contributed by atoms with E-state index in [1.54, 1.807) is 30.2 Å². The molecule has 0 aliphatic carbocycles. The van der Waals surface area contributed by atoms with E-state index in [1.807, 2.05) is 20.8 Å². The Bertz CT molecular complexity index is 1120. The van der Waals surface area contributed by atoms with Crippen LogP contribution in [0.25, 0.3) is 5.95 Å². The highest BCUT2D eigenvalue weighted by Gasteiger charge is 2.18. The maximum atomic E-state index is 11.2. The number of aromatic nitrogens is 6. The average Bonchev–Trinajstić information content (AvgIpc) is 3.14. The van der Waals surface area contributed by atoms with Crippen LogP contribution in [-0.4, -0.2) is 44.2 Å². The van der Waals surface area contributed by atoms with Crippen molar-refractivity contribution < 1.29 is 8.42 Å². The van der Waals surface area contributed by atoms with Crippen molar-refractivity contribution in [3.63, 3.8) is 0 Å². The molecule has 3 heterocycles. The SMILES string of the molecule is C.Cc1nc(-n2ccnc2)nc(Cl)c1C(C)C.Cc1nc(S(C)(=O)=O)nc(Cl)c1C(C)C. The number of halogens is 2. The van der Waals surface area contributed by atoms with Crippen LogP contribution < -0.4 is 0 Å². The van der Waals surface area contributed by atoms with Gasteiger partial charge in [-0.1, -0.05) is 58.3 Å². The van der Waals surface area contributed by atoms with Crippen molar-refractivity contribution in [2.24, 2.45) is 0 Å². The molecule has 176 valence electrons. The van der Waals surface area contributed by atoms with E-state index in [0.717, 1.165) is 23.1 Å². The molecule has 3 rings (SSSR count). The van der Waals surface area contributed by atoms with Crippen molar-refractivity contribution >= 4 is 33.0 Å². The predicted octanol–water partition coefficient (Wildman–Crippen LogP) is 5.35. The molecule has 0 fully saturated rings. The lowest BCUT2D eigenvalue weighted by atomic mass is 10.0. The van der Waals surface area contributed by atoms with Crippen molar-refractivity contribution in [1.29, 1.82) is 0 Å². The van der Waals surface area contributed by atoms with E-state index in [9.17, 15) is 8.42 Å². The maximum absolute atomic E-state index is 11.2. The Morgan fingerprint density at radius 1 is 0.875 bits per heavy atom. The zero-order chi connectivity index (χ0) is 23.5. The Morgan fingerprint density at radius 3 is 1.75 bits per heavy atom. The molecule has 0 saturated carbocycles. The van der Waals surface area contributed by atoms with Crippen molar-refractivity contribution in [2.45, 2.75) is 66.0 Å². The van der Waals surface area contributed by atoms with Crippen LogP contribution in [0.3, 0.4) is 0 Å². The third kappa shape index (κ3) is 6.70. The van der Waals surface area contributed by atoms with Gasteiger partial charge < -0.3 is 0 Å². The molecule has 11 heteroatoms. The molecule has 8 nitrogen and oxygen atoms in total. The molecule has 0 aromatic carbocycles. The molecule has 0 unspecified atom stereocenters. The number of hydrogen-bond acceptors (Lipinski definition) is 7. The Hall–Kier alpha value is -2.10. The van der Waals surface area contributed by atoms with Gasteiger partial charge in [-0.25, -0.2) is 33.3 Å². The summed E-state index contributed by atoms with van der Waals surface area (Å²) in [5.41, 5.74) is 3.33. The number of rotatable bonds is 4.